The fourth-order valence-electron chi connectivity index (χ4n) is 3.45. The first-order valence-electron chi connectivity index (χ1n) is 8.41. The van der Waals surface area contributed by atoms with Gasteiger partial charge in [0, 0.05) is 38.6 Å². The third kappa shape index (κ3) is 3.85. The van der Waals surface area contributed by atoms with E-state index >= 15 is 0 Å². The van der Waals surface area contributed by atoms with Crippen LogP contribution in [-0.4, -0.2) is 66.8 Å². The highest BCUT2D eigenvalue weighted by Crippen LogP contribution is 2.48. The van der Waals surface area contributed by atoms with E-state index in [-0.39, 0.29) is 12.0 Å². The molecule has 1 aromatic carbocycles. The number of benzene rings is 1. The van der Waals surface area contributed by atoms with Gasteiger partial charge in [-0.05, 0) is 37.0 Å². The molecule has 1 amide bonds. The van der Waals surface area contributed by atoms with E-state index in [1.165, 1.54) is 5.56 Å². The monoisotopic (exact) mass is 318 g/mol. The van der Waals surface area contributed by atoms with Gasteiger partial charge in [0.2, 0.25) is 5.91 Å². The number of aliphatic hydroxyl groups excluding tert-OH is 1. The van der Waals surface area contributed by atoms with Crippen molar-refractivity contribution in [1.29, 1.82) is 0 Å². The molecule has 0 aromatic heterocycles. The second-order valence-corrected chi connectivity index (χ2v) is 6.70. The maximum atomic E-state index is 12.6. The number of rotatable bonds is 5. The van der Waals surface area contributed by atoms with Crippen LogP contribution in [0, 0.1) is 5.92 Å². The molecule has 0 bridgehead atoms. The summed E-state index contributed by atoms with van der Waals surface area (Å²) < 4.78 is 5.18. The lowest BCUT2D eigenvalue weighted by Crippen LogP contribution is -2.50. The minimum absolute atomic E-state index is 0.145. The molecule has 1 aliphatic carbocycles. The summed E-state index contributed by atoms with van der Waals surface area (Å²) in [7, 11) is 1.66. The number of β-amino-alcohol motifs (C(OH)–C–C–N with tert-alkyl or cyclic N) is 1. The molecule has 1 saturated heterocycles. The predicted molar refractivity (Wildman–Crippen MR) is 88.5 cm³/mol. The molecule has 1 aromatic rings. The Morgan fingerprint density at radius 1 is 1.26 bits per heavy atom. The van der Waals surface area contributed by atoms with E-state index in [1.54, 1.807) is 14.0 Å². The van der Waals surface area contributed by atoms with Gasteiger partial charge in [-0.15, -0.1) is 0 Å². The highest BCUT2D eigenvalue weighted by Gasteiger charge is 2.46. The molecule has 2 fully saturated rings. The summed E-state index contributed by atoms with van der Waals surface area (Å²) in [6.07, 6.45) is 0.652. The van der Waals surface area contributed by atoms with Gasteiger partial charge >= 0.3 is 0 Å². The van der Waals surface area contributed by atoms with Crippen LogP contribution in [0.5, 0.6) is 5.75 Å². The summed E-state index contributed by atoms with van der Waals surface area (Å²) in [6.45, 7) is 5.77. The maximum Gasteiger partial charge on any atom is 0.226 e. The van der Waals surface area contributed by atoms with E-state index in [0.717, 1.165) is 38.3 Å². The zero-order chi connectivity index (χ0) is 16.4. The van der Waals surface area contributed by atoms with Crippen molar-refractivity contribution >= 4 is 5.91 Å². The zero-order valence-electron chi connectivity index (χ0n) is 13.9. The average molecular weight is 318 g/mol. The molecule has 1 saturated carbocycles. The van der Waals surface area contributed by atoms with Gasteiger partial charge in [0.15, 0.2) is 0 Å². The quantitative estimate of drug-likeness (QED) is 0.890. The first kappa shape index (κ1) is 16.3. The average Bonchev–Trinajstić information content (AvgIpc) is 3.35. The van der Waals surface area contributed by atoms with Gasteiger partial charge in [-0.25, -0.2) is 0 Å². The number of aliphatic hydroxyl groups is 1. The Morgan fingerprint density at radius 2 is 1.91 bits per heavy atom. The van der Waals surface area contributed by atoms with Crippen molar-refractivity contribution in [2.24, 2.45) is 5.92 Å². The SMILES string of the molecule is COc1ccc([C@@H]2C[C@@H]2C(=O)N2CCN(C[C@H](C)O)CC2)cc1. The molecule has 23 heavy (non-hydrogen) atoms. The third-order valence-electron chi connectivity index (χ3n) is 4.86. The van der Waals surface area contributed by atoms with Crippen molar-refractivity contribution in [3.8, 4) is 5.75 Å². The van der Waals surface area contributed by atoms with E-state index in [4.69, 9.17) is 4.74 Å². The highest BCUT2D eigenvalue weighted by atomic mass is 16.5. The van der Waals surface area contributed by atoms with Crippen LogP contribution in [0.15, 0.2) is 24.3 Å². The van der Waals surface area contributed by atoms with Crippen LogP contribution >= 0.6 is 0 Å². The second-order valence-electron chi connectivity index (χ2n) is 6.70. The summed E-state index contributed by atoms with van der Waals surface area (Å²) in [5.74, 6) is 1.66. The third-order valence-corrected chi connectivity index (χ3v) is 4.86. The van der Waals surface area contributed by atoms with E-state index < -0.39 is 0 Å². The fraction of sp³-hybridized carbons (Fsp3) is 0.611. The standard InChI is InChI=1S/C18H26N2O3/c1-13(21)12-19-7-9-20(10-8-19)18(22)17-11-16(17)14-3-5-15(23-2)6-4-14/h3-6,13,16-17,21H,7-12H2,1-2H3/t13-,16-,17-/m0/s1. The Labute approximate surface area is 137 Å². The van der Waals surface area contributed by atoms with E-state index in [0.29, 0.717) is 18.4 Å². The number of carbonyl (C=O) groups excluding carboxylic acids is 1. The molecule has 126 valence electrons. The van der Waals surface area contributed by atoms with Crippen LogP contribution < -0.4 is 4.74 Å². The minimum Gasteiger partial charge on any atom is -0.497 e. The summed E-state index contributed by atoms with van der Waals surface area (Å²) in [6, 6.07) is 8.06. The first-order valence-corrected chi connectivity index (χ1v) is 8.41. The smallest absolute Gasteiger partial charge is 0.226 e. The van der Waals surface area contributed by atoms with Crippen LogP contribution in [0.25, 0.3) is 0 Å². The molecule has 5 nitrogen and oxygen atoms in total. The minimum atomic E-state index is -0.305. The molecule has 0 spiro atoms. The zero-order valence-corrected chi connectivity index (χ0v) is 13.9. The van der Waals surface area contributed by atoms with Gasteiger partial charge in [0.1, 0.15) is 5.75 Å². The molecular weight excluding hydrogens is 292 g/mol. The van der Waals surface area contributed by atoms with Gasteiger partial charge in [-0.1, -0.05) is 12.1 Å². The van der Waals surface area contributed by atoms with E-state index in [1.807, 2.05) is 17.0 Å². The number of nitrogens with zero attached hydrogens (tertiary/aromatic N) is 2. The molecule has 3 atom stereocenters. The molecule has 2 aliphatic rings. The normalized spacial score (nSPS) is 26.0. The maximum absolute atomic E-state index is 12.6. The Hall–Kier alpha value is -1.59. The van der Waals surface area contributed by atoms with Crippen LogP contribution in [-0.2, 0) is 4.79 Å². The number of piperazine rings is 1. The molecule has 1 aliphatic heterocycles. The molecule has 1 N–H and O–H groups in total. The van der Waals surface area contributed by atoms with Crippen molar-refractivity contribution in [3.05, 3.63) is 29.8 Å². The molecule has 3 rings (SSSR count). The summed E-state index contributed by atoms with van der Waals surface area (Å²) >= 11 is 0. The summed E-state index contributed by atoms with van der Waals surface area (Å²) in [5, 5.41) is 9.44. The lowest BCUT2D eigenvalue weighted by Gasteiger charge is -2.35. The van der Waals surface area contributed by atoms with E-state index in [2.05, 4.69) is 17.0 Å². The number of hydrogen-bond acceptors (Lipinski definition) is 4. The van der Waals surface area contributed by atoms with Gasteiger partial charge < -0.3 is 14.7 Å². The van der Waals surface area contributed by atoms with Crippen LogP contribution in [0.3, 0.4) is 0 Å². The Bertz CT molecular complexity index is 536. The number of carbonyl (C=O) groups is 1. The molecular formula is C18H26N2O3. The number of hydrogen-bond donors (Lipinski definition) is 1. The fourth-order valence-corrected chi connectivity index (χ4v) is 3.45. The lowest BCUT2D eigenvalue weighted by atomic mass is 10.1. The van der Waals surface area contributed by atoms with Crippen LogP contribution in [0.2, 0.25) is 0 Å². The lowest BCUT2D eigenvalue weighted by molar-refractivity contribution is -0.134. The molecule has 0 unspecified atom stereocenters. The number of amides is 1. The topological polar surface area (TPSA) is 53.0 Å². The molecule has 5 heteroatoms. The summed E-state index contributed by atoms with van der Waals surface area (Å²) in [4.78, 5) is 16.8. The van der Waals surface area contributed by atoms with Crippen LogP contribution in [0.1, 0.15) is 24.8 Å². The predicted octanol–water partition coefficient (Wildman–Crippen LogP) is 1.32. The van der Waals surface area contributed by atoms with E-state index in [9.17, 15) is 9.90 Å². The molecule has 0 radical (unpaired) electrons. The van der Waals surface area contributed by atoms with Crippen molar-refractivity contribution < 1.29 is 14.6 Å². The van der Waals surface area contributed by atoms with Crippen molar-refractivity contribution in [2.75, 3.05) is 39.8 Å². The highest BCUT2D eigenvalue weighted by molar-refractivity contribution is 5.83. The first-order chi connectivity index (χ1) is 11.1. The number of methoxy groups -OCH3 is 1. The van der Waals surface area contributed by atoms with Crippen LogP contribution in [0.4, 0.5) is 0 Å². The second kappa shape index (κ2) is 6.89. The van der Waals surface area contributed by atoms with Gasteiger partial charge in [0.05, 0.1) is 13.2 Å². The van der Waals surface area contributed by atoms with Gasteiger partial charge in [-0.3, -0.25) is 9.69 Å². The van der Waals surface area contributed by atoms with Crippen molar-refractivity contribution in [1.82, 2.24) is 9.80 Å². The Morgan fingerprint density at radius 3 is 2.48 bits per heavy atom. The summed E-state index contributed by atoms with van der Waals surface area (Å²) in [5.41, 5.74) is 1.23. The van der Waals surface area contributed by atoms with Crippen molar-refractivity contribution in [3.63, 3.8) is 0 Å². The van der Waals surface area contributed by atoms with Crippen molar-refractivity contribution in [2.45, 2.75) is 25.4 Å². The molecule has 1 heterocycles. The Kier molecular flexibility index (Phi) is 4.87. The van der Waals surface area contributed by atoms with Gasteiger partial charge in [0.25, 0.3) is 0 Å². The van der Waals surface area contributed by atoms with Gasteiger partial charge in [-0.2, -0.15) is 0 Å². The Balaban J connectivity index is 1.50. The number of ether oxygens (including phenoxy) is 1. The largest absolute Gasteiger partial charge is 0.497 e.